The third-order valence-corrected chi connectivity index (χ3v) is 2.01. The van der Waals surface area contributed by atoms with Crippen LogP contribution in [0.4, 0.5) is 0 Å². The zero-order valence-electron chi connectivity index (χ0n) is 8.80. The van der Waals surface area contributed by atoms with Gasteiger partial charge in [-0.1, -0.05) is 0 Å². The SMILES string of the molecule is CN(C)CCn1ccc(=O)c(C(=O)O)c1. The molecule has 0 spiro atoms. The lowest BCUT2D eigenvalue weighted by atomic mass is 10.3. The Morgan fingerprint density at radius 2 is 2.20 bits per heavy atom. The summed E-state index contributed by atoms with van der Waals surface area (Å²) in [5, 5.41) is 8.74. The Balaban J connectivity index is 2.88. The second-order valence-electron chi connectivity index (χ2n) is 3.57. The molecule has 0 radical (unpaired) electrons. The van der Waals surface area contributed by atoms with Gasteiger partial charge in [-0.15, -0.1) is 0 Å². The molecule has 0 aromatic carbocycles. The molecule has 0 fully saturated rings. The van der Waals surface area contributed by atoms with Gasteiger partial charge in [-0.05, 0) is 14.1 Å². The van der Waals surface area contributed by atoms with E-state index in [-0.39, 0.29) is 5.56 Å². The van der Waals surface area contributed by atoms with Gasteiger partial charge in [0, 0.05) is 31.5 Å². The Hall–Kier alpha value is -1.62. The summed E-state index contributed by atoms with van der Waals surface area (Å²) in [5.74, 6) is -1.18. The molecule has 0 amide bonds. The summed E-state index contributed by atoms with van der Waals surface area (Å²) in [4.78, 5) is 23.8. The highest BCUT2D eigenvalue weighted by Gasteiger charge is 2.07. The third-order valence-electron chi connectivity index (χ3n) is 2.01. The van der Waals surface area contributed by atoms with Gasteiger partial charge in [0.1, 0.15) is 5.56 Å². The number of pyridine rings is 1. The van der Waals surface area contributed by atoms with Crippen molar-refractivity contribution in [1.29, 1.82) is 0 Å². The fourth-order valence-electron chi connectivity index (χ4n) is 1.14. The highest BCUT2D eigenvalue weighted by Crippen LogP contribution is 1.93. The van der Waals surface area contributed by atoms with Crippen LogP contribution in [0.1, 0.15) is 10.4 Å². The van der Waals surface area contributed by atoms with Crippen LogP contribution in [0.2, 0.25) is 0 Å². The number of hydrogen-bond acceptors (Lipinski definition) is 3. The first-order chi connectivity index (χ1) is 7.00. The normalized spacial score (nSPS) is 10.6. The molecule has 0 saturated heterocycles. The summed E-state index contributed by atoms with van der Waals surface area (Å²) in [6.07, 6.45) is 2.96. The molecule has 1 heterocycles. The molecule has 82 valence electrons. The van der Waals surface area contributed by atoms with Crippen molar-refractivity contribution in [2.45, 2.75) is 6.54 Å². The average Bonchev–Trinajstić information content (AvgIpc) is 2.16. The largest absolute Gasteiger partial charge is 0.477 e. The quantitative estimate of drug-likeness (QED) is 0.766. The van der Waals surface area contributed by atoms with E-state index in [1.807, 2.05) is 19.0 Å². The number of carboxylic acids is 1. The molecular formula is C10H14N2O3. The van der Waals surface area contributed by atoms with Crippen molar-refractivity contribution in [3.05, 3.63) is 34.2 Å². The maximum atomic E-state index is 11.1. The van der Waals surface area contributed by atoms with Crippen LogP contribution in [0, 0.1) is 0 Å². The highest BCUT2D eigenvalue weighted by molar-refractivity contribution is 5.86. The van der Waals surface area contributed by atoms with Gasteiger partial charge >= 0.3 is 5.97 Å². The molecule has 1 aromatic rings. The molecule has 15 heavy (non-hydrogen) atoms. The Morgan fingerprint density at radius 1 is 1.53 bits per heavy atom. The molecule has 5 heteroatoms. The van der Waals surface area contributed by atoms with Crippen molar-refractivity contribution in [3.8, 4) is 0 Å². The van der Waals surface area contributed by atoms with E-state index in [9.17, 15) is 9.59 Å². The number of rotatable bonds is 4. The van der Waals surface area contributed by atoms with Gasteiger partial charge in [-0.3, -0.25) is 4.79 Å². The fourth-order valence-corrected chi connectivity index (χ4v) is 1.14. The molecule has 0 aliphatic carbocycles. The minimum Gasteiger partial charge on any atom is -0.477 e. The predicted octanol–water partition coefficient (Wildman–Crippen LogP) is 0.108. The Bertz CT molecular complexity index is 409. The number of hydrogen-bond donors (Lipinski definition) is 1. The molecule has 0 unspecified atom stereocenters. The first-order valence-corrected chi connectivity index (χ1v) is 4.59. The summed E-state index contributed by atoms with van der Waals surface area (Å²) in [6, 6.07) is 1.28. The number of carboxylic acid groups (broad SMARTS) is 1. The van der Waals surface area contributed by atoms with E-state index in [4.69, 9.17) is 5.11 Å². The number of carbonyl (C=O) groups is 1. The molecule has 0 atom stereocenters. The Labute approximate surface area is 87.6 Å². The summed E-state index contributed by atoms with van der Waals surface area (Å²) in [6.45, 7) is 1.45. The Morgan fingerprint density at radius 3 is 2.73 bits per heavy atom. The van der Waals surface area contributed by atoms with Crippen LogP contribution < -0.4 is 5.43 Å². The van der Waals surface area contributed by atoms with Gasteiger partial charge in [0.15, 0.2) is 5.43 Å². The second kappa shape index (κ2) is 4.75. The minimum absolute atomic E-state index is 0.184. The molecule has 5 nitrogen and oxygen atoms in total. The van der Waals surface area contributed by atoms with Gasteiger partial charge in [0.25, 0.3) is 0 Å². The van der Waals surface area contributed by atoms with Crippen molar-refractivity contribution in [3.63, 3.8) is 0 Å². The van der Waals surface area contributed by atoms with E-state index >= 15 is 0 Å². The molecule has 0 aliphatic heterocycles. The zero-order valence-corrected chi connectivity index (χ0v) is 8.80. The van der Waals surface area contributed by atoms with Gasteiger partial charge in [-0.25, -0.2) is 4.79 Å². The van der Waals surface area contributed by atoms with E-state index < -0.39 is 11.4 Å². The van der Waals surface area contributed by atoms with Gasteiger partial charge < -0.3 is 14.6 Å². The van der Waals surface area contributed by atoms with E-state index in [0.717, 1.165) is 6.54 Å². The summed E-state index contributed by atoms with van der Waals surface area (Å²) < 4.78 is 1.70. The number of nitrogens with zero attached hydrogens (tertiary/aromatic N) is 2. The molecule has 0 aliphatic rings. The van der Waals surface area contributed by atoms with Crippen LogP contribution in [-0.2, 0) is 6.54 Å². The maximum Gasteiger partial charge on any atom is 0.341 e. The van der Waals surface area contributed by atoms with E-state index in [0.29, 0.717) is 6.54 Å². The van der Waals surface area contributed by atoms with Crippen LogP contribution in [-0.4, -0.2) is 41.2 Å². The molecule has 0 bridgehead atoms. The van der Waals surface area contributed by atoms with Gasteiger partial charge in [0.05, 0.1) is 0 Å². The number of aromatic nitrogens is 1. The number of aromatic carboxylic acids is 1. The van der Waals surface area contributed by atoms with Crippen LogP contribution >= 0.6 is 0 Å². The topological polar surface area (TPSA) is 62.5 Å². The summed E-state index contributed by atoms with van der Waals surface area (Å²) in [5.41, 5.74) is -0.639. The summed E-state index contributed by atoms with van der Waals surface area (Å²) >= 11 is 0. The molecular weight excluding hydrogens is 196 g/mol. The smallest absolute Gasteiger partial charge is 0.341 e. The van der Waals surface area contributed by atoms with E-state index in [1.54, 1.807) is 10.8 Å². The standard InChI is InChI=1S/C10H14N2O3/c1-11(2)5-6-12-4-3-9(13)8(7-12)10(14)15/h3-4,7H,5-6H2,1-2H3,(H,14,15). The molecule has 1 aromatic heterocycles. The molecule has 1 N–H and O–H groups in total. The Kier molecular flexibility index (Phi) is 3.62. The molecule has 0 saturated carbocycles. The second-order valence-corrected chi connectivity index (χ2v) is 3.57. The zero-order chi connectivity index (χ0) is 11.4. The highest BCUT2D eigenvalue weighted by atomic mass is 16.4. The van der Waals surface area contributed by atoms with Crippen LogP contribution in [0.25, 0.3) is 0 Å². The average molecular weight is 210 g/mol. The van der Waals surface area contributed by atoms with Crippen molar-refractivity contribution in [2.24, 2.45) is 0 Å². The lowest BCUT2D eigenvalue weighted by Crippen LogP contribution is -2.21. The van der Waals surface area contributed by atoms with Gasteiger partial charge in [0.2, 0.25) is 0 Å². The van der Waals surface area contributed by atoms with Crippen LogP contribution in [0.5, 0.6) is 0 Å². The van der Waals surface area contributed by atoms with Crippen molar-refractivity contribution >= 4 is 5.97 Å². The van der Waals surface area contributed by atoms with E-state index in [2.05, 4.69) is 0 Å². The minimum atomic E-state index is -1.18. The first-order valence-electron chi connectivity index (χ1n) is 4.59. The van der Waals surface area contributed by atoms with E-state index in [1.165, 1.54) is 12.3 Å². The van der Waals surface area contributed by atoms with Gasteiger partial charge in [-0.2, -0.15) is 0 Å². The fraction of sp³-hybridized carbons (Fsp3) is 0.400. The maximum absolute atomic E-state index is 11.1. The van der Waals surface area contributed by atoms with Crippen molar-refractivity contribution < 1.29 is 9.90 Å². The number of likely N-dealkylation sites (N-methyl/N-ethyl adjacent to an activating group) is 1. The predicted molar refractivity (Wildman–Crippen MR) is 56.2 cm³/mol. The lowest BCUT2D eigenvalue weighted by Gasteiger charge is -2.11. The molecule has 1 rings (SSSR count). The van der Waals surface area contributed by atoms with Crippen LogP contribution in [0.3, 0.4) is 0 Å². The monoisotopic (exact) mass is 210 g/mol. The third kappa shape index (κ3) is 3.21. The van der Waals surface area contributed by atoms with Crippen molar-refractivity contribution in [1.82, 2.24) is 9.47 Å². The van der Waals surface area contributed by atoms with Crippen molar-refractivity contribution in [2.75, 3.05) is 20.6 Å². The van der Waals surface area contributed by atoms with Crippen LogP contribution in [0.15, 0.2) is 23.3 Å². The lowest BCUT2D eigenvalue weighted by molar-refractivity contribution is 0.0694. The first kappa shape index (κ1) is 11.5. The summed E-state index contributed by atoms with van der Waals surface area (Å²) in [7, 11) is 3.86.